The summed E-state index contributed by atoms with van der Waals surface area (Å²) in [6, 6.07) is 4.04. The maximum Gasteiger partial charge on any atom is 0.246 e. The van der Waals surface area contributed by atoms with Crippen LogP contribution in [0.15, 0.2) is 48.0 Å². The molecule has 268 valence electrons. The third-order valence-electron chi connectivity index (χ3n) is 9.22. The zero-order valence-corrected chi connectivity index (χ0v) is 30.5. The van der Waals surface area contributed by atoms with Crippen LogP contribution in [0.4, 0.5) is 0 Å². The van der Waals surface area contributed by atoms with E-state index >= 15 is 0 Å². The zero-order valence-electron chi connectivity index (χ0n) is 29.7. The van der Waals surface area contributed by atoms with Crippen molar-refractivity contribution in [2.75, 3.05) is 12.3 Å². The molecule has 2 bridgehead atoms. The molecule has 1 aromatic carbocycles. The molecule has 49 heavy (non-hydrogen) atoms. The minimum absolute atomic E-state index is 0.0660. The van der Waals surface area contributed by atoms with Crippen LogP contribution in [0.25, 0.3) is 0 Å². The van der Waals surface area contributed by atoms with E-state index in [1.807, 2.05) is 58.0 Å². The molecule has 0 radical (unpaired) electrons. The summed E-state index contributed by atoms with van der Waals surface area (Å²) in [6.45, 7) is 17.0. The summed E-state index contributed by atoms with van der Waals surface area (Å²) in [6.07, 6.45) is 1.94. The van der Waals surface area contributed by atoms with Crippen LogP contribution in [0, 0.1) is 11.8 Å². The molecule has 1 fully saturated rings. The van der Waals surface area contributed by atoms with Crippen molar-refractivity contribution in [1.29, 1.82) is 0 Å². The maximum atomic E-state index is 14.3. The first-order valence-corrected chi connectivity index (χ1v) is 18.2. The Morgan fingerprint density at radius 1 is 0.898 bits per heavy atom. The SMILES string of the molecule is C=CC(C)(C)O[C@H](C)[C@@H]1NC(=O)[C@H]2CSC(=N2)[C@H](C(C)C)NC(=O)[C@H](C(C)C)NC(=O)[C@@H]2CCCN2C(=O)[C@H](Cc2ccccc2)NC1=O. The van der Waals surface area contributed by atoms with Gasteiger partial charge in [-0.2, -0.15) is 0 Å². The van der Waals surface area contributed by atoms with Crippen LogP contribution >= 0.6 is 11.8 Å². The van der Waals surface area contributed by atoms with Crippen LogP contribution in [-0.4, -0.2) is 99.7 Å². The van der Waals surface area contributed by atoms with Crippen LogP contribution in [0.2, 0.25) is 0 Å². The van der Waals surface area contributed by atoms with E-state index in [4.69, 9.17) is 9.73 Å². The second-order valence-corrected chi connectivity index (χ2v) is 15.4. The van der Waals surface area contributed by atoms with E-state index < -0.39 is 71.6 Å². The number of benzene rings is 1. The number of nitrogens with zero attached hydrogens (tertiary/aromatic N) is 2. The molecule has 13 heteroatoms. The van der Waals surface area contributed by atoms with Crippen molar-refractivity contribution in [3.05, 3.63) is 48.6 Å². The van der Waals surface area contributed by atoms with Gasteiger partial charge in [0.15, 0.2) is 0 Å². The van der Waals surface area contributed by atoms with Gasteiger partial charge in [0, 0.05) is 18.7 Å². The predicted molar refractivity (Wildman–Crippen MR) is 191 cm³/mol. The Labute approximate surface area is 294 Å². The lowest BCUT2D eigenvalue weighted by Gasteiger charge is -2.34. The molecule has 0 aromatic heterocycles. The largest absolute Gasteiger partial charge is 0.366 e. The molecule has 0 aliphatic carbocycles. The number of ether oxygens (including phenoxy) is 1. The molecule has 3 aliphatic rings. The summed E-state index contributed by atoms with van der Waals surface area (Å²) in [5.41, 5.74) is -0.0149. The van der Waals surface area contributed by atoms with Crippen molar-refractivity contribution in [1.82, 2.24) is 26.2 Å². The molecular weight excluding hydrogens is 644 g/mol. The highest BCUT2D eigenvalue weighted by Crippen LogP contribution is 2.26. The number of thioether (sulfide) groups is 1. The van der Waals surface area contributed by atoms with Gasteiger partial charge in [0.1, 0.15) is 30.2 Å². The van der Waals surface area contributed by atoms with Crippen LogP contribution in [0.3, 0.4) is 0 Å². The lowest BCUT2D eigenvalue weighted by molar-refractivity contribution is -0.144. The molecule has 4 N–H and O–H groups in total. The van der Waals surface area contributed by atoms with Gasteiger partial charge in [-0.15, -0.1) is 18.3 Å². The van der Waals surface area contributed by atoms with Crippen molar-refractivity contribution in [2.45, 2.75) is 116 Å². The van der Waals surface area contributed by atoms with Crippen molar-refractivity contribution >= 4 is 46.3 Å². The van der Waals surface area contributed by atoms with Gasteiger partial charge in [0.05, 0.1) is 22.8 Å². The van der Waals surface area contributed by atoms with Crippen molar-refractivity contribution in [3.8, 4) is 0 Å². The second-order valence-electron chi connectivity index (χ2n) is 14.3. The third kappa shape index (κ3) is 9.50. The average Bonchev–Trinajstić information content (AvgIpc) is 3.74. The van der Waals surface area contributed by atoms with Gasteiger partial charge >= 0.3 is 0 Å². The average molecular weight is 697 g/mol. The molecule has 5 amide bonds. The van der Waals surface area contributed by atoms with E-state index in [0.717, 1.165) is 5.56 Å². The molecule has 12 nitrogen and oxygen atoms in total. The van der Waals surface area contributed by atoms with Gasteiger partial charge in [-0.3, -0.25) is 29.0 Å². The van der Waals surface area contributed by atoms with E-state index in [0.29, 0.717) is 30.2 Å². The fourth-order valence-corrected chi connectivity index (χ4v) is 7.56. The quantitative estimate of drug-likeness (QED) is 0.304. The number of carbonyl (C=O) groups excluding carboxylic acids is 5. The fraction of sp³-hybridized carbons (Fsp3) is 0.611. The third-order valence-corrected chi connectivity index (χ3v) is 10.4. The Kier molecular flexibility index (Phi) is 12.7. The highest BCUT2D eigenvalue weighted by Gasteiger charge is 2.42. The Morgan fingerprint density at radius 3 is 2.14 bits per heavy atom. The number of rotatable bonds is 8. The van der Waals surface area contributed by atoms with Crippen molar-refractivity contribution in [2.24, 2.45) is 16.8 Å². The van der Waals surface area contributed by atoms with Gasteiger partial charge in [0.2, 0.25) is 29.5 Å². The van der Waals surface area contributed by atoms with Gasteiger partial charge < -0.3 is 30.9 Å². The Balaban J connectivity index is 1.78. The summed E-state index contributed by atoms with van der Waals surface area (Å²) >= 11 is 1.38. The van der Waals surface area contributed by atoms with E-state index in [1.54, 1.807) is 26.8 Å². The smallest absolute Gasteiger partial charge is 0.246 e. The van der Waals surface area contributed by atoms with E-state index in [2.05, 4.69) is 27.8 Å². The first-order valence-electron chi connectivity index (χ1n) is 17.2. The van der Waals surface area contributed by atoms with E-state index in [1.165, 1.54) is 16.7 Å². The molecule has 0 spiro atoms. The summed E-state index contributed by atoms with van der Waals surface area (Å²) in [7, 11) is 0. The molecule has 1 aromatic rings. The van der Waals surface area contributed by atoms with Crippen LogP contribution in [0.1, 0.15) is 66.9 Å². The van der Waals surface area contributed by atoms with Gasteiger partial charge in [0.25, 0.3) is 0 Å². The standard InChI is InChI=1S/C36H52N6O6S/c1-9-36(7,8)48-22(6)29-33(46)37-24(18-23-14-11-10-12-15-23)35(47)42-17-13-16-26(42)31(44)39-27(20(2)3)32(45)40-28(21(4)5)34-38-25(19-49-34)30(43)41-29/h9-12,14-15,20-22,24-29H,1,13,16-19H2,2-8H3,(H,37,46)(H,39,44)(H,40,45)(H,41,43)/t22-,24+,25-,26+,27+,28+,29+/m1/s1. The minimum atomic E-state index is -1.19. The topological polar surface area (TPSA) is 158 Å². The number of amides is 5. The molecular formula is C36H52N6O6S. The first-order chi connectivity index (χ1) is 23.1. The summed E-state index contributed by atoms with van der Waals surface area (Å²) in [4.78, 5) is 76.1. The molecule has 4 rings (SSSR count). The molecule has 1 saturated heterocycles. The fourth-order valence-electron chi connectivity index (χ4n) is 6.29. The van der Waals surface area contributed by atoms with Gasteiger partial charge in [-0.05, 0) is 51.0 Å². The minimum Gasteiger partial charge on any atom is -0.366 e. The number of fused-ring (bicyclic) bond motifs is 2. The second kappa shape index (κ2) is 16.3. The predicted octanol–water partition coefficient (Wildman–Crippen LogP) is 2.37. The summed E-state index contributed by atoms with van der Waals surface area (Å²) in [5.74, 6) is -2.27. The van der Waals surface area contributed by atoms with Crippen LogP contribution in [-0.2, 0) is 35.1 Å². The Morgan fingerprint density at radius 2 is 1.51 bits per heavy atom. The lowest BCUT2D eigenvalue weighted by Crippen LogP contribution is -2.61. The molecule has 7 atom stereocenters. The van der Waals surface area contributed by atoms with Crippen molar-refractivity contribution in [3.63, 3.8) is 0 Å². The number of hydrogen-bond acceptors (Lipinski definition) is 8. The van der Waals surface area contributed by atoms with Crippen LogP contribution < -0.4 is 21.3 Å². The number of carbonyl (C=O) groups is 5. The monoisotopic (exact) mass is 696 g/mol. The van der Waals surface area contributed by atoms with Gasteiger partial charge in [-0.1, -0.05) is 64.1 Å². The Hall–Kier alpha value is -3.71. The number of hydrogen-bond donors (Lipinski definition) is 4. The van der Waals surface area contributed by atoms with E-state index in [9.17, 15) is 24.0 Å². The molecule has 3 heterocycles. The van der Waals surface area contributed by atoms with E-state index in [-0.39, 0.29) is 24.2 Å². The maximum absolute atomic E-state index is 14.3. The van der Waals surface area contributed by atoms with Gasteiger partial charge in [-0.25, -0.2) is 0 Å². The first kappa shape index (κ1) is 38.1. The lowest BCUT2D eigenvalue weighted by atomic mass is 9.99. The summed E-state index contributed by atoms with van der Waals surface area (Å²) in [5, 5.41) is 12.4. The highest BCUT2D eigenvalue weighted by atomic mass is 32.2. The summed E-state index contributed by atoms with van der Waals surface area (Å²) < 4.78 is 6.18. The van der Waals surface area contributed by atoms with Crippen LogP contribution in [0.5, 0.6) is 0 Å². The zero-order chi connectivity index (χ0) is 36.0. The molecule has 3 aliphatic heterocycles. The number of aliphatic imine (C=N–C) groups is 1. The normalized spacial score (nSPS) is 28.1. The highest BCUT2D eigenvalue weighted by molar-refractivity contribution is 8.14. The molecule has 0 unspecified atom stereocenters. The molecule has 0 saturated carbocycles. The number of nitrogens with one attached hydrogen (secondary N) is 4. The van der Waals surface area contributed by atoms with Crippen molar-refractivity contribution < 1.29 is 28.7 Å². The Bertz CT molecular complexity index is 1430.